The summed E-state index contributed by atoms with van der Waals surface area (Å²) in [7, 11) is 0. The second kappa shape index (κ2) is 7.72. The highest BCUT2D eigenvalue weighted by atomic mass is 16.3. The van der Waals surface area contributed by atoms with Gasteiger partial charge in [0.05, 0.1) is 5.52 Å². The molecule has 0 radical (unpaired) electrons. The highest BCUT2D eigenvalue weighted by molar-refractivity contribution is 5.87. The average Bonchev–Trinajstić information content (AvgIpc) is 2.92. The third-order valence-electron chi connectivity index (χ3n) is 4.36. The Kier molecular flexibility index (Phi) is 5.41. The van der Waals surface area contributed by atoms with E-state index in [4.69, 9.17) is 5.73 Å². The first-order chi connectivity index (χ1) is 12.1. The molecule has 1 heterocycles. The van der Waals surface area contributed by atoms with Crippen molar-refractivity contribution in [1.82, 2.24) is 4.57 Å². The number of nitrogens with one attached hydrogen (secondary N) is 1. The quantitative estimate of drug-likeness (QED) is 0.573. The summed E-state index contributed by atoms with van der Waals surface area (Å²) >= 11 is 0. The monoisotopic (exact) mass is 337 g/mol. The number of fused-ring (bicyclic) bond motifs is 1. The lowest BCUT2D eigenvalue weighted by atomic mass is 10.1. The van der Waals surface area contributed by atoms with E-state index >= 15 is 0 Å². The van der Waals surface area contributed by atoms with Crippen molar-refractivity contribution in [2.75, 3.05) is 11.9 Å². The summed E-state index contributed by atoms with van der Waals surface area (Å²) in [6, 6.07) is 15.9. The normalized spacial score (nSPS) is 12.7. The van der Waals surface area contributed by atoms with Crippen molar-refractivity contribution in [2.24, 2.45) is 11.7 Å². The molecule has 0 saturated heterocycles. The van der Waals surface area contributed by atoms with Crippen LogP contribution in [0.3, 0.4) is 0 Å². The molecule has 4 nitrogen and oxygen atoms in total. The number of rotatable bonds is 7. The van der Waals surface area contributed by atoms with Crippen LogP contribution in [0.15, 0.2) is 54.7 Å². The lowest BCUT2D eigenvalue weighted by Gasteiger charge is -2.15. The third-order valence-corrected chi connectivity index (χ3v) is 4.36. The maximum atomic E-state index is 10.4. The minimum absolute atomic E-state index is 0.563. The largest absolute Gasteiger partial charge is 0.369 e. The van der Waals surface area contributed by atoms with E-state index < -0.39 is 6.23 Å². The number of hydrogen-bond acceptors (Lipinski definition) is 3. The van der Waals surface area contributed by atoms with Gasteiger partial charge in [0.25, 0.3) is 0 Å². The van der Waals surface area contributed by atoms with Gasteiger partial charge in [-0.05, 0) is 36.6 Å². The highest BCUT2D eigenvalue weighted by Crippen LogP contribution is 2.27. The van der Waals surface area contributed by atoms with Gasteiger partial charge in [-0.15, -0.1) is 0 Å². The Labute approximate surface area is 149 Å². The zero-order chi connectivity index (χ0) is 17.8. The number of anilines is 1. The van der Waals surface area contributed by atoms with Crippen molar-refractivity contribution in [3.63, 3.8) is 0 Å². The van der Waals surface area contributed by atoms with Gasteiger partial charge in [0.1, 0.15) is 0 Å². The molecule has 0 spiro atoms. The number of aromatic nitrogens is 1. The molecule has 132 valence electrons. The molecule has 0 aliphatic carbocycles. The van der Waals surface area contributed by atoms with Gasteiger partial charge < -0.3 is 20.7 Å². The van der Waals surface area contributed by atoms with E-state index in [-0.39, 0.29) is 0 Å². The average molecular weight is 337 g/mol. The van der Waals surface area contributed by atoms with Gasteiger partial charge in [-0.25, -0.2) is 0 Å². The Balaban J connectivity index is 1.92. The van der Waals surface area contributed by atoms with Gasteiger partial charge in [0, 0.05) is 29.4 Å². The Bertz CT molecular complexity index is 824. The van der Waals surface area contributed by atoms with Crippen molar-refractivity contribution >= 4 is 16.6 Å². The fourth-order valence-electron chi connectivity index (χ4n) is 3.23. The molecule has 0 amide bonds. The highest BCUT2D eigenvalue weighted by Gasteiger charge is 2.12. The number of aliphatic hydroxyl groups excluding tert-OH is 1. The Hall–Kier alpha value is -2.30. The number of benzene rings is 2. The van der Waals surface area contributed by atoms with Crippen LogP contribution in [0, 0.1) is 5.92 Å². The van der Waals surface area contributed by atoms with Gasteiger partial charge >= 0.3 is 0 Å². The number of nitrogens with two attached hydrogens (primary N) is 1. The summed E-state index contributed by atoms with van der Waals surface area (Å²) in [6.45, 7) is 6.05. The van der Waals surface area contributed by atoms with E-state index in [0.29, 0.717) is 12.5 Å². The molecule has 3 aromatic rings. The molecule has 0 aliphatic rings. The Morgan fingerprint density at radius 2 is 1.88 bits per heavy atom. The van der Waals surface area contributed by atoms with Gasteiger partial charge in [-0.1, -0.05) is 50.2 Å². The smallest absolute Gasteiger partial charge is 0.150 e. The maximum Gasteiger partial charge on any atom is 0.150 e. The maximum absolute atomic E-state index is 10.4. The van der Waals surface area contributed by atoms with E-state index in [1.165, 1.54) is 16.5 Å². The summed E-state index contributed by atoms with van der Waals surface area (Å²) < 4.78 is 2.30. The SMILES string of the molecule is CC(C)Cn1cc(CCN)c2ccc(NC(O)c3ccccc3)cc21. The van der Waals surface area contributed by atoms with Crippen LogP contribution >= 0.6 is 0 Å². The van der Waals surface area contributed by atoms with Crippen molar-refractivity contribution < 1.29 is 5.11 Å². The number of nitrogens with zero attached hydrogens (tertiary/aromatic N) is 1. The molecule has 3 rings (SSSR count). The van der Waals surface area contributed by atoms with Crippen LogP contribution in [0.2, 0.25) is 0 Å². The molecule has 0 bridgehead atoms. The zero-order valence-electron chi connectivity index (χ0n) is 14.9. The van der Waals surface area contributed by atoms with E-state index in [1.807, 2.05) is 36.4 Å². The molecular weight excluding hydrogens is 310 g/mol. The van der Waals surface area contributed by atoms with Crippen molar-refractivity contribution in [3.8, 4) is 0 Å². The number of aliphatic hydroxyl groups is 1. The lowest BCUT2D eigenvalue weighted by molar-refractivity contribution is 0.208. The Morgan fingerprint density at radius 1 is 1.12 bits per heavy atom. The first-order valence-electron chi connectivity index (χ1n) is 8.90. The van der Waals surface area contributed by atoms with E-state index in [9.17, 15) is 5.11 Å². The summed E-state index contributed by atoms with van der Waals surface area (Å²) in [5.74, 6) is 0.563. The molecule has 0 fully saturated rings. The van der Waals surface area contributed by atoms with Gasteiger partial charge in [-0.3, -0.25) is 0 Å². The molecule has 25 heavy (non-hydrogen) atoms. The second-order valence-electron chi connectivity index (χ2n) is 6.93. The summed E-state index contributed by atoms with van der Waals surface area (Å²) in [4.78, 5) is 0. The predicted octanol–water partition coefficient (Wildman–Crippen LogP) is 3.90. The first-order valence-corrected chi connectivity index (χ1v) is 8.90. The molecule has 4 heteroatoms. The summed E-state index contributed by atoms with van der Waals surface area (Å²) in [5.41, 5.74) is 10.00. The predicted molar refractivity (Wildman–Crippen MR) is 105 cm³/mol. The number of hydrogen-bond donors (Lipinski definition) is 3. The molecule has 0 aliphatic heterocycles. The Morgan fingerprint density at radius 3 is 2.56 bits per heavy atom. The molecular formula is C21H27N3O. The molecule has 0 saturated carbocycles. The minimum Gasteiger partial charge on any atom is -0.369 e. The molecule has 4 N–H and O–H groups in total. The van der Waals surface area contributed by atoms with Crippen molar-refractivity contribution in [3.05, 3.63) is 65.9 Å². The van der Waals surface area contributed by atoms with Crippen LogP contribution in [-0.4, -0.2) is 16.2 Å². The van der Waals surface area contributed by atoms with Gasteiger partial charge in [0.15, 0.2) is 6.23 Å². The molecule has 1 aromatic heterocycles. The fourth-order valence-corrected chi connectivity index (χ4v) is 3.23. The topological polar surface area (TPSA) is 63.2 Å². The minimum atomic E-state index is -0.726. The van der Waals surface area contributed by atoms with Crippen LogP contribution in [0.4, 0.5) is 5.69 Å². The standard InChI is InChI=1S/C21H27N3O/c1-15(2)13-24-14-17(10-11-22)19-9-8-18(12-20(19)24)23-21(25)16-6-4-3-5-7-16/h3-9,12,14-15,21,23,25H,10-11,13,22H2,1-2H3. The summed E-state index contributed by atoms with van der Waals surface area (Å²) in [6.07, 6.45) is 2.37. The third kappa shape index (κ3) is 4.03. The fraction of sp³-hybridized carbons (Fsp3) is 0.333. The van der Waals surface area contributed by atoms with E-state index in [0.717, 1.165) is 24.2 Å². The molecule has 2 aromatic carbocycles. The van der Waals surface area contributed by atoms with Crippen LogP contribution in [0.1, 0.15) is 31.2 Å². The van der Waals surface area contributed by atoms with Gasteiger partial charge in [-0.2, -0.15) is 0 Å². The van der Waals surface area contributed by atoms with Crippen LogP contribution in [-0.2, 0) is 13.0 Å². The van der Waals surface area contributed by atoms with E-state index in [2.05, 4.69) is 42.1 Å². The van der Waals surface area contributed by atoms with E-state index in [1.54, 1.807) is 0 Å². The summed E-state index contributed by atoms with van der Waals surface area (Å²) in [5, 5.41) is 14.8. The zero-order valence-corrected chi connectivity index (χ0v) is 14.9. The van der Waals surface area contributed by atoms with Crippen molar-refractivity contribution in [1.29, 1.82) is 0 Å². The second-order valence-corrected chi connectivity index (χ2v) is 6.93. The van der Waals surface area contributed by atoms with Crippen molar-refractivity contribution in [2.45, 2.75) is 33.0 Å². The van der Waals surface area contributed by atoms with Crippen LogP contribution < -0.4 is 11.1 Å². The van der Waals surface area contributed by atoms with Gasteiger partial charge in [0.2, 0.25) is 0 Å². The molecule has 1 atom stereocenters. The lowest BCUT2D eigenvalue weighted by Crippen LogP contribution is -2.09. The first kappa shape index (κ1) is 17.5. The van der Waals surface area contributed by atoms with Crippen LogP contribution in [0.25, 0.3) is 10.9 Å². The van der Waals surface area contributed by atoms with Crippen LogP contribution in [0.5, 0.6) is 0 Å². The molecule has 1 unspecified atom stereocenters.